The van der Waals surface area contributed by atoms with Crippen LogP contribution in [0.15, 0.2) is 22.9 Å². The van der Waals surface area contributed by atoms with Gasteiger partial charge in [-0.3, -0.25) is 4.79 Å². The predicted molar refractivity (Wildman–Crippen MR) is 85.5 cm³/mol. The molecule has 3 rings (SSSR count). The van der Waals surface area contributed by atoms with Crippen molar-refractivity contribution in [2.24, 2.45) is 0 Å². The molecular formula is C16H21N5O2. The molecule has 122 valence electrons. The van der Waals surface area contributed by atoms with Gasteiger partial charge in [-0.2, -0.15) is 4.98 Å². The molecule has 0 unspecified atom stereocenters. The second kappa shape index (κ2) is 6.36. The SMILES string of the molecule is Cc1noc([C@H]2CCCN(C(=O)c3ccc(N(C)C)nc3)C2)n1. The van der Waals surface area contributed by atoms with Gasteiger partial charge in [0.15, 0.2) is 5.82 Å². The molecule has 2 aromatic heterocycles. The Morgan fingerprint density at radius 1 is 1.39 bits per heavy atom. The standard InChI is InChI=1S/C16H21N5O2/c1-11-18-15(23-19-11)13-5-4-8-21(10-13)16(22)12-6-7-14(17-9-12)20(2)3/h6-7,9,13H,4-5,8,10H2,1-3H3/t13-/m0/s1. The van der Waals surface area contributed by atoms with E-state index in [0.717, 1.165) is 25.2 Å². The first-order valence-corrected chi connectivity index (χ1v) is 7.77. The first-order chi connectivity index (χ1) is 11.0. The number of pyridine rings is 1. The molecule has 2 aromatic rings. The van der Waals surface area contributed by atoms with Crippen LogP contribution in [0.25, 0.3) is 0 Å². The van der Waals surface area contributed by atoms with Crippen LogP contribution in [0.5, 0.6) is 0 Å². The van der Waals surface area contributed by atoms with E-state index in [0.29, 0.717) is 23.8 Å². The van der Waals surface area contributed by atoms with Gasteiger partial charge in [0.05, 0.1) is 11.5 Å². The molecule has 1 fully saturated rings. The second-order valence-corrected chi connectivity index (χ2v) is 6.07. The summed E-state index contributed by atoms with van der Waals surface area (Å²) in [4.78, 5) is 25.0. The van der Waals surface area contributed by atoms with E-state index in [9.17, 15) is 4.79 Å². The predicted octanol–water partition coefficient (Wildman–Crippen LogP) is 1.86. The molecule has 7 nitrogen and oxygen atoms in total. The summed E-state index contributed by atoms with van der Waals surface area (Å²) in [5.74, 6) is 2.21. The van der Waals surface area contributed by atoms with Gasteiger partial charge in [-0.25, -0.2) is 4.98 Å². The van der Waals surface area contributed by atoms with E-state index in [-0.39, 0.29) is 11.8 Å². The van der Waals surface area contributed by atoms with Crippen molar-refractivity contribution in [2.45, 2.75) is 25.7 Å². The molecule has 0 aromatic carbocycles. The lowest BCUT2D eigenvalue weighted by Crippen LogP contribution is -2.39. The van der Waals surface area contributed by atoms with E-state index in [1.807, 2.05) is 36.0 Å². The highest BCUT2D eigenvalue weighted by Crippen LogP contribution is 2.26. The van der Waals surface area contributed by atoms with Crippen LogP contribution >= 0.6 is 0 Å². The van der Waals surface area contributed by atoms with Crippen LogP contribution in [0.3, 0.4) is 0 Å². The molecule has 0 saturated carbocycles. The molecule has 1 atom stereocenters. The van der Waals surface area contributed by atoms with E-state index in [1.165, 1.54) is 0 Å². The van der Waals surface area contributed by atoms with Crippen molar-refractivity contribution in [3.8, 4) is 0 Å². The normalized spacial score (nSPS) is 18.0. The number of likely N-dealkylation sites (tertiary alicyclic amines) is 1. The monoisotopic (exact) mass is 315 g/mol. The smallest absolute Gasteiger partial charge is 0.255 e. The molecule has 0 bridgehead atoms. The third-order valence-corrected chi connectivity index (χ3v) is 4.05. The zero-order valence-electron chi connectivity index (χ0n) is 13.7. The van der Waals surface area contributed by atoms with Crippen molar-refractivity contribution >= 4 is 11.7 Å². The van der Waals surface area contributed by atoms with Gasteiger partial charge in [-0.05, 0) is 31.9 Å². The van der Waals surface area contributed by atoms with Gasteiger partial charge in [0, 0.05) is 33.4 Å². The fraction of sp³-hybridized carbons (Fsp3) is 0.500. The zero-order valence-corrected chi connectivity index (χ0v) is 13.7. The van der Waals surface area contributed by atoms with Crippen LogP contribution < -0.4 is 4.90 Å². The number of nitrogens with zero attached hydrogens (tertiary/aromatic N) is 5. The number of anilines is 1. The highest BCUT2D eigenvalue weighted by Gasteiger charge is 2.28. The van der Waals surface area contributed by atoms with Crippen LogP contribution in [0, 0.1) is 6.92 Å². The zero-order chi connectivity index (χ0) is 16.4. The number of carbonyl (C=O) groups excluding carboxylic acids is 1. The summed E-state index contributed by atoms with van der Waals surface area (Å²) in [5, 5.41) is 3.84. The van der Waals surface area contributed by atoms with E-state index >= 15 is 0 Å². The van der Waals surface area contributed by atoms with Crippen molar-refractivity contribution in [3.63, 3.8) is 0 Å². The fourth-order valence-corrected chi connectivity index (χ4v) is 2.80. The van der Waals surface area contributed by atoms with Gasteiger partial charge in [0.25, 0.3) is 5.91 Å². The summed E-state index contributed by atoms with van der Waals surface area (Å²) >= 11 is 0. The molecule has 7 heteroatoms. The molecule has 1 aliphatic rings. The second-order valence-electron chi connectivity index (χ2n) is 6.07. The van der Waals surface area contributed by atoms with Gasteiger partial charge < -0.3 is 14.3 Å². The van der Waals surface area contributed by atoms with Crippen molar-refractivity contribution in [1.29, 1.82) is 0 Å². The highest BCUT2D eigenvalue weighted by molar-refractivity contribution is 5.94. The van der Waals surface area contributed by atoms with Crippen molar-refractivity contribution in [3.05, 3.63) is 35.6 Å². The summed E-state index contributed by atoms with van der Waals surface area (Å²) in [7, 11) is 3.84. The van der Waals surface area contributed by atoms with E-state index < -0.39 is 0 Å². The average molecular weight is 315 g/mol. The number of aromatic nitrogens is 3. The van der Waals surface area contributed by atoms with Gasteiger partial charge in [0.2, 0.25) is 5.89 Å². The Kier molecular flexibility index (Phi) is 4.27. The molecule has 1 saturated heterocycles. The third-order valence-electron chi connectivity index (χ3n) is 4.05. The fourth-order valence-electron chi connectivity index (χ4n) is 2.80. The Balaban J connectivity index is 1.71. The topological polar surface area (TPSA) is 75.4 Å². The number of hydrogen-bond donors (Lipinski definition) is 0. The maximum absolute atomic E-state index is 12.7. The van der Waals surface area contributed by atoms with Gasteiger partial charge in [-0.1, -0.05) is 5.16 Å². The summed E-state index contributed by atoms with van der Waals surface area (Å²) in [5.41, 5.74) is 0.609. The van der Waals surface area contributed by atoms with Crippen molar-refractivity contribution < 1.29 is 9.32 Å². The Labute approximate surface area is 135 Å². The Morgan fingerprint density at radius 3 is 2.83 bits per heavy atom. The van der Waals surface area contributed by atoms with E-state index in [4.69, 9.17) is 4.52 Å². The molecular weight excluding hydrogens is 294 g/mol. The maximum atomic E-state index is 12.7. The van der Waals surface area contributed by atoms with Gasteiger partial charge in [0.1, 0.15) is 5.82 Å². The first-order valence-electron chi connectivity index (χ1n) is 7.77. The summed E-state index contributed by atoms with van der Waals surface area (Å²) in [6.07, 6.45) is 3.53. The highest BCUT2D eigenvalue weighted by atomic mass is 16.5. The molecule has 1 aliphatic heterocycles. The van der Waals surface area contributed by atoms with Gasteiger partial charge >= 0.3 is 0 Å². The minimum Gasteiger partial charge on any atom is -0.363 e. The number of hydrogen-bond acceptors (Lipinski definition) is 6. The molecule has 23 heavy (non-hydrogen) atoms. The third kappa shape index (κ3) is 3.33. The molecule has 3 heterocycles. The van der Waals surface area contributed by atoms with Crippen molar-refractivity contribution in [2.75, 3.05) is 32.1 Å². The number of carbonyl (C=O) groups is 1. The number of aryl methyl sites for hydroxylation is 1. The number of piperidine rings is 1. The Morgan fingerprint density at radius 2 is 2.22 bits per heavy atom. The molecule has 1 amide bonds. The maximum Gasteiger partial charge on any atom is 0.255 e. The lowest BCUT2D eigenvalue weighted by Gasteiger charge is -2.31. The molecule has 0 aliphatic carbocycles. The van der Waals surface area contributed by atoms with Gasteiger partial charge in [-0.15, -0.1) is 0 Å². The summed E-state index contributed by atoms with van der Waals surface area (Å²) in [6, 6.07) is 3.68. The number of rotatable bonds is 3. The molecule has 0 spiro atoms. The molecule has 0 N–H and O–H groups in total. The Bertz CT molecular complexity index is 680. The minimum absolute atomic E-state index is 0.00347. The van der Waals surface area contributed by atoms with Crippen molar-refractivity contribution in [1.82, 2.24) is 20.0 Å². The van der Waals surface area contributed by atoms with Crippen LogP contribution in [0.1, 0.15) is 40.8 Å². The van der Waals surface area contributed by atoms with E-state index in [1.54, 1.807) is 13.1 Å². The van der Waals surface area contributed by atoms with E-state index in [2.05, 4.69) is 15.1 Å². The summed E-state index contributed by atoms with van der Waals surface area (Å²) < 4.78 is 5.26. The van der Waals surface area contributed by atoms with Crippen LogP contribution in [-0.2, 0) is 0 Å². The van der Waals surface area contributed by atoms with Crippen LogP contribution in [0.2, 0.25) is 0 Å². The quantitative estimate of drug-likeness (QED) is 0.860. The van der Waals surface area contributed by atoms with Crippen LogP contribution in [0.4, 0.5) is 5.82 Å². The number of amides is 1. The van der Waals surface area contributed by atoms with Crippen LogP contribution in [-0.4, -0.2) is 53.1 Å². The first kappa shape index (κ1) is 15.5. The largest absolute Gasteiger partial charge is 0.363 e. The lowest BCUT2D eigenvalue weighted by atomic mass is 9.97. The lowest BCUT2D eigenvalue weighted by molar-refractivity contribution is 0.0695. The molecule has 0 radical (unpaired) electrons. The summed E-state index contributed by atoms with van der Waals surface area (Å²) in [6.45, 7) is 3.16. The minimum atomic E-state index is 0.00347. The Hall–Kier alpha value is -2.44. The average Bonchev–Trinajstić information content (AvgIpc) is 3.01.